The molecule has 0 radical (unpaired) electrons. The zero-order valence-electron chi connectivity index (χ0n) is 16.8. The second kappa shape index (κ2) is 6.95. The third kappa shape index (κ3) is 3.32. The Hall–Kier alpha value is -2.28. The van der Waals surface area contributed by atoms with Crippen LogP contribution in [0.5, 0.6) is 0 Å². The molecule has 2 fully saturated rings. The Balaban J connectivity index is 1.24. The summed E-state index contributed by atoms with van der Waals surface area (Å²) >= 11 is 0. The maximum Gasteiger partial charge on any atom is 0.272 e. The minimum absolute atomic E-state index is 0.106. The Bertz CT molecular complexity index is 894. The molecular weight excluding hydrogens is 352 g/mol. The number of likely N-dealkylation sites (tertiary alicyclic amines) is 1. The van der Waals surface area contributed by atoms with E-state index in [0.29, 0.717) is 11.8 Å². The highest BCUT2D eigenvalue weighted by Crippen LogP contribution is 2.39. The Morgan fingerprint density at radius 2 is 1.86 bits per heavy atom. The van der Waals surface area contributed by atoms with Gasteiger partial charge in [0.2, 0.25) is 0 Å². The smallest absolute Gasteiger partial charge is 0.272 e. The molecule has 0 atom stereocenters. The molecule has 2 aliphatic heterocycles. The molecule has 7 nitrogen and oxygen atoms in total. The molecule has 0 aromatic carbocycles. The van der Waals surface area contributed by atoms with Crippen molar-refractivity contribution in [3.8, 4) is 0 Å². The first-order chi connectivity index (χ1) is 13.6. The molecule has 5 rings (SSSR count). The van der Waals surface area contributed by atoms with Crippen LogP contribution in [0.4, 0.5) is 0 Å². The average molecular weight is 380 g/mol. The van der Waals surface area contributed by atoms with Crippen molar-refractivity contribution in [3.05, 3.63) is 40.7 Å². The number of amides is 1. The minimum atomic E-state index is 0.106. The molecule has 4 heterocycles. The Morgan fingerprint density at radius 1 is 1.07 bits per heavy atom. The molecule has 0 bridgehead atoms. The second-order valence-electron chi connectivity index (χ2n) is 8.61. The van der Waals surface area contributed by atoms with E-state index in [1.807, 2.05) is 24.2 Å². The first kappa shape index (κ1) is 17.8. The third-order valence-corrected chi connectivity index (χ3v) is 6.40. The lowest BCUT2D eigenvalue weighted by Gasteiger charge is -2.32. The standard InChI is InChI=1S/C21H28N6O/c1-25-8-7-17-16(13-25)12-22-20(23-17)15-5-9-27(10-6-15)21(28)19-11-18(14-3-4-14)24-26(19)2/h11-12,14-15H,3-10,13H2,1-2H3. The highest BCUT2D eigenvalue weighted by Gasteiger charge is 2.31. The van der Waals surface area contributed by atoms with Gasteiger partial charge in [0.1, 0.15) is 11.5 Å². The summed E-state index contributed by atoms with van der Waals surface area (Å²) < 4.78 is 1.76. The summed E-state index contributed by atoms with van der Waals surface area (Å²) in [6.07, 6.45) is 7.28. The number of aromatic nitrogens is 4. The van der Waals surface area contributed by atoms with Crippen LogP contribution in [-0.2, 0) is 20.0 Å². The first-order valence-corrected chi connectivity index (χ1v) is 10.4. The summed E-state index contributed by atoms with van der Waals surface area (Å²) in [5, 5.41) is 4.54. The van der Waals surface area contributed by atoms with Crippen molar-refractivity contribution in [3.63, 3.8) is 0 Å². The Labute approximate surface area is 165 Å². The average Bonchev–Trinajstić information content (AvgIpc) is 3.49. The van der Waals surface area contributed by atoms with Gasteiger partial charge in [0.25, 0.3) is 5.91 Å². The number of aryl methyl sites for hydroxylation is 1. The van der Waals surface area contributed by atoms with Crippen molar-refractivity contribution in [2.45, 2.75) is 50.5 Å². The number of hydrogen-bond donors (Lipinski definition) is 0. The maximum atomic E-state index is 13.0. The monoisotopic (exact) mass is 380 g/mol. The van der Waals surface area contributed by atoms with E-state index in [-0.39, 0.29) is 5.91 Å². The van der Waals surface area contributed by atoms with Crippen LogP contribution in [0, 0.1) is 0 Å². The molecule has 1 aliphatic carbocycles. The van der Waals surface area contributed by atoms with Crippen molar-refractivity contribution in [1.82, 2.24) is 29.5 Å². The van der Waals surface area contributed by atoms with Crippen LogP contribution in [-0.4, -0.2) is 62.1 Å². The zero-order valence-corrected chi connectivity index (χ0v) is 16.8. The van der Waals surface area contributed by atoms with Gasteiger partial charge in [0.15, 0.2) is 0 Å². The lowest BCUT2D eigenvalue weighted by atomic mass is 9.95. The van der Waals surface area contributed by atoms with Gasteiger partial charge in [-0.3, -0.25) is 9.48 Å². The number of rotatable bonds is 3. The van der Waals surface area contributed by atoms with E-state index in [1.165, 1.54) is 24.1 Å². The summed E-state index contributed by atoms with van der Waals surface area (Å²) in [4.78, 5) is 26.8. The highest BCUT2D eigenvalue weighted by atomic mass is 16.2. The lowest BCUT2D eigenvalue weighted by Crippen LogP contribution is -2.39. The second-order valence-corrected chi connectivity index (χ2v) is 8.61. The molecule has 7 heteroatoms. The van der Waals surface area contributed by atoms with E-state index in [4.69, 9.17) is 4.98 Å². The topological polar surface area (TPSA) is 67.2 Å². The normalized spacial score (nSPS) is 21.0. The number of nitrogens with zero attached hydrogens (tertiary/aromatic N) is 6. The van der Waals surface area contributed by atoms with Crippen LogP contribution in [0.1, 0.15) is 70.8 Å². The van der Waals surface area contributed by atoms with Gasteiger partial charge in [-0.05, 0) is 38.8 Å². The van der Waals surface area contributed by atoms with Crippen molar-refractivity contribution in [2.75, 3.05) is 26.7 Å². The molecule has 2 aromatic rings. The van der Waals surface area contributed by atoms with Crippen LogP contribution in [0.15, 0.2) is 12.3 Å². The number of fused-ring (bicyclic) bond motifs is 1. The molecule has 0 N–H and O–H groups in total. The number of carbonyl (C=O) groups is 1. The van der Waals surface area contributed by atoms with Gasteiger partial charge in [0.05, 0.1) is 5.69 Å². The fourth-order valence-electron chi connectivity index (χ4n) is 4.44. The quantitative estimate of drug-likeness (QED) is 0.816. The van der Waals surface area contributed by atoms with Crippen molar-refractivity contribution in [2.24, 2.45) is 7.05 Å². The minimum Gasteiger partial charge on any atom is -0.337 e. The fourth-order valence-corrected chi connectivity index (χ4v) is 4.44. The lowest BCUT2D eigenvalue weighted by molar-refractivity contribution is 0.0700. The molecular formula is C21H28N6O. The zero-order chi connectivity index (χ0) is 19.3. The van der Waals surface area contributed by atoms with E-state index < -0.39 is 0 Å². The molecule has 1 amide bonds. The van der Waals surface area contributed by atoms with Crippen LogP contribution >= 0.6 is 0 Å². The van der Waals surface area contributed by atoms with E-state index >= 15 is 0 Å². The van der Waals surface area contributed by atoms with Crippen molar-refractivity contribution >= 4 is 5.91 Å². The van der Waals surface area contributed by atoms with Gasteiger partial charge in [-0.2, -0.15) is 5.10 Å². The number of piperidine rings is 1. The Morgan fingerprint density at radius 3 is 2.61 bits per heavy atom. The van der Waals surface area contributed by atoms with Crippen molar-refractivity contribution < 1.29 is 4.79 Å². The van der Waals surface area contributed by atoms with Crippen molar-refractivity contribution in [1.29, 1.82) is 0 Å². The molecule has 1 saturated carbocycles. The van der Waals surface area contributed by atoms with E-state index in [1.54, 1.807) is 4.68 Å². The van der Waals surface area contributed by atoms with E-state index in [9.17, 15) is 4.79 Å². The third-order valence-electron chi connectivity index (χ3n) is 6.40. The maximum absolute atomic E-state index is 13.0. The molecule has 3 aliphatic rings. The molecule has 148 valence electrons. The summed E-state index contributed by atoms with van der Waals surface area (Å²) in [7, 11) is 4.02. The summed E-state index contributed by atoms with van der Waals surface area (Å²) in [6.45, 7) is 3.52. The molecule has 0 spiro atoms. The van der Waals surface area contributed by atoms with Crippen LogP contribution in [0.3, 0.4) is 0 Å². The van der Waals surface area contributed by atoms with Crippen LogP contribution in [0.2, 0.25) is 0 Å². The summed E-state index contributed by atoms with van der Waals surface area (Å²) in [6, 6.07) is 2.00. The number of hydrogen-bond acceptors (Lipinski definition) is 5. The molecule has 2 aromatic heterocycles. The van der Waals surface area contributed by atoms with Gasteiger partial charge >= 0.3 is 0 Å². The van der Waals surface area contributed by atoms with Gasteiger partial charge in [-0.15, -0.1) is 0 Å². The van der Waals surface area contributed by atoms with Gasteiger partial charge < -0.3 is 9.80 Å². The summed E-state index contributed by atoms with van der Waals surface area (Å²) in [5.41, 5.74) is 4.26. The fraction of sp³-hybridized carbons (Fsp3) is 0.619. The number of carbonyl (C=O) groups excluding carboxylic acids is 1. The molecule has 28 heavy (non-hydrogen) atoms. The largest absolute Gasteiger partial charge is 0.337 e. The predicted molar refractivity (Wildman–Crippen MR) is 105 cm³/mol. The van der Waals surface area contributed by atoms with Crippen LogP contribution < -0.4 is 0 Å². The number of likely N-dealkylation sites (N-methyl/N-ethyl adjacent to an activating group) is 1. The van der Waals surface area contributed by atoms with Gasteiger partial charge in [-0.1, -0.05) is 0 Å². The Kier molecular flexibility index (Phi) is 4.42. The molecule has 0 unspecified atom stereocenters. The predicted octanol–water partition coefficient (Wildman–Crippen LogP) is 2.10. The van der Waals surface area contributed by atoms with E-state index in [0.717, 1.165) is 62.7 Å². The summed E-state index contributed by atoms with van der Waals surface area (Å²) in [5.74, 6) is 1.99. The van der Waals surface area contributed by atoms with Gasteiger partial charge in [0, 0.05) is 68.9 Å². The van der Waals surface area contributed by atoms with Crippen LogP contribution in [0.25, 0.3) is 0 Å². The highest BCUT2D eigenvalue weighted by molar-refractivity contribution is 5.92. The first-order valence-electron chi connectivity index (χ1n) is 10.4. The van der Waals surface area contributed by atoms with Gasteiger partial charge in [-0.25, -0.2) is 9.97 Å². The SMILES string of the molecule is CN1CCc2nc(C3CCN(C(=O)c4cc(C5CC5)nn4C)CC3)ncc2C1. The van der Waals surface area contributed by atoms with E-state index in [2.05, 4.69) is 22.0 Å². The molecule has 1 saturated heterocycles.